The highest BCUT2D eigenvalue weighted by Gasteiger charge is 2.36. The summed E-state index contributed by atoms with van der Waals surface area (Å²) in [6.45, 7) is 1.74. The minimum Gasteiger partial charge on any atom is -0.497 e. The number of urea groups is 1. The van der Waals surface area contributed by atoms with Crippen LogP contribution in [0.3, 0.4) is 0 Å². The van der Waals surface area contributed by atoms with E-state index in [9.17, 15) is 19.2 Å². The standard InChI is InChI=1S/C22H20IN3O7/c1-3-32-17-10-12(9-16(23)19(17)33-11-18(24)27)8-15-20(28)25-22(30)26(21(15)29)13-4-6-14(31-2)7-5-13/h4-10H,3,11H2,1-2H3,(H2,24,27)(H,25,28,30)/b15-8+. The third-order valence-corrected chi connectivity index (χ3v) is 5.24. The van der Waals surface area contributed by atoms with E-state index in [2.05, 4.69) is 5.32 Å². The van der Waals surface area contributed by atoms with Crippen LogP contribution in [0.1, 0.15) is 12.5 Å². The Labute approximate surface area is 202 Å². The third-order valence-electron chi connectivity index (χ3n) is 4.43. The number of nitrogens with zero attached hydrogens (tertiary/aromatic N) is 1. The number of halogens is 1. The zero-order chi connectivity index (χ0) is 24.1. The molecule has 5 amide bonds. The Morgan fingerprint density at radius 1 is 1.15 bits per heavy atom. The molecule has 1 aliphatic heterocycles. The molecule has 2 aromatic carbocycles. The van der Waals surface area contributed by atoms with E-state index in [0.717, 1.165) is 4.90 Å². The molecule has 1 heterocycles. The number of primary amides is 1. The lowest BCUT2D eigenvalue weighted by atomic mass is 10.1. The Hall–Kier alpha value is -3.61. The second kappa shape index (κ2) is 10.3. The first-order chi connectivity index (χ1) is 15.7. The summed E-state index contributed by atoms with van der Waals surface area (Å²) >= 11 is 1.98. The van der Waals surface area contributed by atoms with E-state index in [4.69, 9.17) is 19.9 Å². The molecule has 0 saturated carbocycles. The number of barbiturate groups is 1. The Kier molecular flexibility index (Phi) is 7.53. The van der Waals surface area contributed by atoms with E-state index in [-0.39, 0.29) is 17.9 Å². The molecule has 0 atom stereocenters. The van der Waals surface area contributed by atoms with Crippen molar-refractivity contribution in [1.82, 2.24) is 5.32 Å². The fraction of sp³-hybridized carbons (Fsp3) is 0.182. The Bertz CT molecular complexity index is 1150. The van der Waals surface area contributed by atoms with E-state index in [0.29, 0.717) is 33.0 Å². The first-order valence-corrected chi connectivity index (χ1v) is 10.8. The molecule has 0 aromatic heterocycles. The summed E-state index contributed by atoms with van der Waals surface area (Å²) < 4.78 is 16.7. The van der Waals surface area contributed by atoms with Crippen molar-refractivity contribution in [1.29, 1.82) is 0 Å². The van der Waals surface area contributed by atoms with E-state index in [1.807, 2.05) is 22.6 Å². The lowest BCUT2D eigenvalue weighted by Crippen LogP contribution is -2.54. The molecule has 1 saturated heterocycles. The van der Waals surface area contributed by atoms with Gasteiger partial charge in [-0.05, 0) is 77.6 Å². The number of imide groups is 2. The molecule has 3 rings (SSSR count). The number of nitrogens with one attached hydrogen (secondary N) is 1. The predicted octanol–water partition coefficient (Wildman–Crippen LogP) is 2.23. The van der Waals surface area contributed by atoms with E-state index < -0.39 is 23.8 Å². The largest absolute Gasteiger partial charge is 0.497 e. The Morgan fingerprint density at radius 3 is 2.45 bits per heavy atom. The lowest BCUT2D eigenvalue weighted by Gasteiger charge is -2.26. The first-order valence-electron chi connectivity index (χ1n) is 9.68. The van der Waals surface area contributed by atoms with Crippen molar-refractivity contribution in [3.8, 4) is 17.2 Å². The average Bonchev–Trinajstić information content (AvgIpc) is 2.76. The van der Waals surface area contributed by atoms with Gasteiger partial charge in [0, 0.05) is 0 Å². The monoisotopic (exact) mass is 565 g/mol. The molecular weight excluding hydrogens is 545 g/mol. The molecule has 0 unspecified atom stereocenters. The zero-order valence-electron chi connectivity index (χ0n) is 17.7. The van der Waals surface area contributed by atoms with Crippen molar-refractivity contribution in [2.45, 2.75) is 6.92 Å². The number of amides is 5. The van der Waals surface area contributed by atoms with Gasteiger partial charge in [0.15, 0.2) is 18.1 Å². The van der Waals surface area contributed by atoms with Gasteiger partial charge in [-0.15, -0.1) is 0 Å². The molecule has 0 bridgehead atoms. The van der Waals surface area contributed by atoms with Crippen LogP contribution in [0.2, 0.25) is 0 Å². The minimum absolute atomic E-state index is 0.241. The van der Waals surface area contributed by atoms with Crippen molar-refractivity contribution in [2.75, 3.05) is 25.2 Å². The van der Waals surface area contributed by atoms with Gasteiger partial charge in [0.05, 0.1) is 23.0 Å². The van der Waals surface area contributed by atoms with Crippen LogP contribution in [-0.4, -0.2) is 44.1 Å². The SMILES string of the molecule is CCOc1cc(/C=C2\C(=O)NC(=O)N(c3ccc(OC)cc3)C2=O)cc(I)c1OCC(N)=O. The molecule has 0 spiro atoms. The topological polar surface area (TPSA) is 137 Å². The molecule has 1 aliphatic rings. The van der Waals surface area contributed by atoms with E-state index >= 15 is 0 Å². The van der Waals surface area contributed by atoms with Gasteiger partial charge in [0.25, 0.3) is 17.7 Å². The van der Waals surface area contributed by atoms with Crippen molar-refractivity contribution in [2.24, 2.45) is 5.73 Å². The molecule has 33 heavy (non-hydrogen) atoms. The Morgan fingerprint density at radius 2 is 1.85 bits per heavy atom. The number of methoxy groups -OCH3 is 1. The summed E-state index contributed by atoms with van der Waals surface area (Å²) in [4.78, 5) is 49.9. The fourth-order valence-corrected chi connectivity index (χ4v) is 3.79. The third kappa shape index (κ3) is 5.42. The average molecular weight is 565 g/mol. The fourth-order valence-electron chi connectivity index (χ4n) is 3.01. The smallest absolute Gasteiger partial charge is 0.335 e. The van der Waals surface area contributed by atoms with Crippen molar-refractivity contribution in [3.63, 3.8) is 0 Å². The summed E-state index contributed by atoms with van der Waals surface area (Å²) in [5, 5.41) is 2.17. The van der Waals surface area contributed by atoms with Gasteiger partial charge in [0.2, 0.25) is 0 Å². The maximum atomic E-state index is 13.1. The molecular formula is C22H20IN3O7. The molecule has 11 heteroatoms. The van der Waals surface area contributed by atoms with Gasteiger partial charge in [-0.3, -0.25) is 19.7 Å². The quantitative estimate of drug-likeness (QED) is 0.285. The maximum absolute atomic E-state index is 13.1. The number of carbonyl (C=O) groups is 4. The molecule has 0 aliphatic carbocycles. The highest BCUT2D eigenvalue weighted by Crippen LogP contribution is 2.35. The number of ether oxygens (including phenoxy) is 3. The number of hydrogen-bond donors (Lipinski definition) is 2. The molecule has 172 valence electrons. The summed E-state index contributed by atoms with van der Waals surface area (Å²) in [5.41, 5.74) is 5.64. The number of nitrogens with two attached hydrogens (primary N) is 1. The number of carbonyl (C=O) groups excluding carboxylic acids is 4. The van der Waals surface area contributed by atoms with Crippen LogP contribution in [0.25, 0.3) is 6.08 Å². The number of rotatable bonds is 8. The van der Waals surface area contributed by atoms with Crippen molar-refractivity contribution < 1.29 is 33.4 Å². The molecule has 3 N–H and O–H groups in total. The summed E-state index contributed by atoms with van der Waals surface area (Å²) in [5.74, 6) is -1.08. The highest BCUT2D eigenvalue weighted by molar-refractivity contribution is 14.1. The van der Waals surface area contributed by atoms with Crippen LogP contribution in [0.15, 0.2) is 42.0 Å². The van der Waals surface area contributed by atoms with Gasteiger partial charge in [0.1, 0.15) is 11.3 Å². The summed E-state index contributed by atoms with van der Waals surface area (Å²) in [6.07, 6.45) is 1.35. The van der Waals surface area contributed by atoms with Crippen LogP contribution in [0.5, 0.6) is 17.2 Å². The molecule has 0 radical (unpaired) electrons. The van der Waals surface area contributed by atoms with Crippen LogP contribution in [0.4, 0.5) is 10.5 Å². The van der Waals surface area contributed by atoms with Crippen molar-refractivity contribution in [3.05, 3.63) is 51.1 Å². The van der Waals surface area contributed by atoms with Gasteiger partial charge < -0.3 is 19.9 Å². The summed E-state index contributed by atoms with van der Waals surface area (Å²) in [6, 6.07) is 8.60. The normalized spacial score (nSPS) is 14.8. The number of benzene rings is 2. The first kappa shape index (κ1) is 24.0. The van der Waals surface area contributed by atoms with E-state index in [1.165, 1.54) is 25.3 Å². The number of anilines is 1. The van der Waals surface area contributed by atoms with Crippen LogP contribution < -0.4 is 30.2 Å². The lowest BCUT2D eigenvalue weighted by molar-refractivity contribution is -0.123. The second-order valence-corrected chi connectivity index (χ2v) is 7.84. The Balaban J connectivity index is 1.99. The predicted molar refractivity (Wildman–Crippen MR) is 127 cm³/mol. The van der Waals surface area contributed by atoms with Crippen LogP contribution in [-0.2, 0) is 14.4 Å². The minimum atomic E-state index is -0.855. The zero-order valence-corrected chi connectivity index (χ0v) is 19.9. The van der Waals surface area contributed by atoms with Gasteiger partial charge in [-0.1, -0.05) is 0 Å². The second-order valence-electron chi connectivity index (χ2n) is 6.67. The molecule has 2 aromatic rings. The highest BCUT2D eigenvalue weighted by atomic mass is 127. The number of hydrogen-bond acceptors (Lipinski definition) is 7. The van der Waals surface area contributed by atoms with Crippen LogP contribution in [0, 0.1) is 3.57 Å². The maximum Gasteiger partial charge on any atom is 0.335 e. The van der Waals surface area contributed by atoms with Crippen molar-refractivity contribution >= 4 is 58.1 Å². The van der Waals surface area contributed by atoms with Gasteiger partial charge in [-0.2, -0.15) is 0 Å². The summed E-state index contributed by atoms with van der Waals surface area (Å²) in [7, 11) is 1.50. The van der Waals surface area contributed by atoms with Crippen LogP contribution >= 0.6 is 22.6 Å². The molecule has 1 fully saturated rings. The van der Waals surface area contributed by atoms with Gasteiger partial charge in [-0.25, -0.2) is 9.69 Å². The molecule has 10 nitrogen and oxygen atoms in total. The van der Waals surface area contributed by atoms with Gasteiger partial charge >= 0.3 is 6.03 Å². The van der Waals surface area contributed by atoms with E-state index in [1.54, 1.807) is 31.2 Å².